The zero-order valence-corrected chi connectivity index (χ0v) is 20.2. The molecule has 2 aliphatic rings. The van der Waals surface area contributed by atoms with Crippen LogP contribution in [0.15, 0.2) is 35.3 Å². The maximum Gasteiger partial charge on any atom is 0.122 e. The summed E-state index contributed by atoms with van der Waals surface area (Å²) in [6.07, 6.45) is 2.09. The van der Waals surface area contributed by atoms with Gasteiger partial charge in [-0.3, -0.25) is 0 Å². The quantitative estimate of drug-likeness (QED) is 0.410. The molecule has 0 bridgehead atoms. The van der Waals surface area contributed by atoms with E-state index in [4.69, 9.17) is 27.9 Å². The second kappa shape index (κ2) is 9.85. The highest BCUT2D eigenvalue weighted by molar-refractivity contribution is 6.39. The molecule has 4 N–H and O–H groups in total. The molecule has 0 saturated carbocycles. The van der Waals surface area contributed by atoms with Crippen LogP contribution < -0.4 is 25.9 Å². The average Bonchev–Trinajstić information content (AvgIpc) is 3.01. The van der Waals surface area contributed by atoms with Gasteiger partial charge < -0.3 is 20.5 Å². The lowest BCUT2D eigenvalue weighted by Crippen LogP contribution is -2.58. The summed E-state index contributed by atoms with van der Waals surface area (Å²) in [4.78, 5) is 0. The van der Waals surface area contributed by atoms with Crippen molar-refractivity contribution in [2.75, 3.05) is 44.9 Å². The molecule has 8 nitrogen and oxygen atoms in total. The van der Waals surface area contributed by atoms with Gasteiger partial charge in [0.15, 0.2) is 0 Å². The van der Waals surface area contributed by atoms with E-state index in [1.54, 1.807) is 12.1 Å². The number of benzene rings is 1. The number of nitrogens with zero attached hydrogens (tertiary/aromatic N) is 3. The van der Waals surface area contributed by atoms with Gasteiger partial charge in [0.1, 0.15) is 11.4 Å². The molecule has 31 heavy (non-hydrogen) atoms. The van der Waals surface area contributed by atoms with Crippen LogP contribution in [0.5, 0.6) is 5.75 Å². The first kappa shape index (κ1) is 24.0. The number of likely N-dealkylation sites (N-methyl/N-ethyl adjacent to an activating group) is 1. The maximum atomic E-state index is 9.40. The fourth-order valence-corrected chi connectivity index (χ4v) is 4.13. The lowest BCUT2D eigenvalue weighted by Gasteiger charge is -2.41. The Balaban J connectivity index is 1.83. The van der Waals surface area contributed by atoms with Crippen molar-refractivity contribution >= 4 is 28.9 Å². The predicted molar refractivity (Wildman–Crippen MR) is 126 cm³/mol. The number of hydrazine groups is 3. The molecule has 0 atom stereocenters. The Bertz CT molecular complexity index is 850. The smallest absolute Gasteiger partial charge is 0.122 e. The van der Waals surface area contributed by atoms with Gasteiger partial charge in [0.2, 0.25) is 0 Å². The molecule has 1 aromatic rings. The molecular formula is C21H32Cl2N6O2. The second-order valence-electron chi connectivity index (χ2n) is 8.29. The number of nitrogens with one attached hydrogen (secondary N) is 3. The Morgan fingerprint density at radius 3 is 2.52 bits per heavy atom. The molecule has 2 aliphatic heterocycles. The Morgan fingerprint density at radius 1 is 1.23 bits per heavy atom. The first-order chi connectivity index (χ1) is 14.7. The van der Waals surface area contributed by atoms with Gasteiger partial charge in [-0.1, -0.05) is 23.2 Å². The number of anilines is 1. The van der Waals surface area contributed by atoms with Crippen molar-refractivity contribution in [3.8, 4) is 5.75 Å². The van der Waals surface area contributed by atoms with E-state index in [0.717, 1.165) is 30.2 Å². The predicted octanol–water partition coefficient (Wildman–Crippen LogP) is 2.86. The molecule has 0 unspecified atom stereocenters. The molecule has 0 radical (unpaired) electrons. The van der Waals surface area contributed by atoms with E-state index in [0.29, 0.717) is 34.6 Å². The van der Waals surface area contributed by atoms with Gasteiger partial charge in [-0.25, -0.2) is 10.0 Å². The van der Waals surface area contributed by atoms with E-state index < -0.39 is 0 Å². The van der Waals surface area contributed by atoms with Crippen LogP contribution in [0.25, 0.3) is 0 Å². The minimum atomic E-state index is -0.307. The van der Waals surface area contributed by atoms with Crippen molar-refractivity contribution in [1.29, 1.82) is 0 Å². The average molecular weight is 471 g/mol. The van der Waals surface area contributed by atoms with Crippen molar-refractivity contribution in [1.82, 2.24) is 26.3 Å². The first-order valence-corrected chi connectivity index (χ1v) is 11.1. The third-order valence-electron chi connectivity index (χ3n) is 5.05. The number of halogens is 2. The van der Waals surface area contributed by atoms with Gasteiger partial charge in [0.25, 0.3) is 0 Å². The molecule has 172 valence electrons. The van der Waals surface area contributed by atoms with Gasteiger partial charge in [0.05, 0.1) is 41.2 Å². The number of aliphatic hydroxyl groups excluding tert-OH is 1. The van der Waals surface area contributed by atoms with Crippen molar-refractivity contribution < 1.29 is 9.84 Å². The van der Waals surface area contributed by atoms with E-state index in [1.165, 1.54) is 0 Å². The molecule has 0 amide bonds. The standard InChI is InChI=1S/C21H32Cl2N6O2/c1-6-31-15-10-16(22)20(17(23)11-15)28-14(2)9-19-18(12-27(5)26-29(19)28)24-7-8-25-21(3,4)13-30/h9-11,24-26,30H,6-8,12-13H2,1-5H3. The number of rotatable bonds is 9. The second-order valence-corrected chi connectivity index (χ2v) is 9.11. The Labute approximate surface area is 194 Å². The lowest BCUT2D eigenvalue weighted by atomic mass is 10.1. The van der Waals surface area contributed by atoms with Gasteiger partial charge >= 0.3 is 0 Å². The summed E-state index contributed by atoms with van der Waals surface area (Å²) in [7, 11) is 1.97. The third-order valence-corrected chi connectivity index (χ3v) is 5.63. The fraction of sp³-hybridized carbons (Fsp3) is 0.524. The minimum absolute atomic E-state index is 0.0852. The van der Waals surface area contributed by atoms with Crippen molar-refractivity contribution in [3.05, 3.63) is 45.3 Å². The van der Waals surface area contributed by atoms with Crippen molar-refractivity contribution in [2.45, 2.75) is 33.2 Å². The molecule has 0 spiro atoms. The summed E-state index contributed by atoms with van der Waals surface area (Å²) >= 11 is 13.2. The zero-order valence-electron chi connectivity index (χ0n) is 18.7. The Kier molecular flexibility index (Phi) is 7.62. The molecular weight excluding hydrogens is 439 g/mol. The molecule has 0 aliphatic carbocycles. The van der Waals surface area contributed by atoms with Gasteiger partial charge in [0, 0.05) is 43.5 Å². The number of ether oxygens (including phenoxy) is 1. The van der Waals surface area contributed by atoms with Crippen LogP contribution in [-0.4, -0.2) is 60.7 Å². The highest BCUT2D eigenvalue weighted by Crippen LogP contribution is 2.43. The van der Waals surface area contributed by atoms with Crippen LogP contribution in [0.4, 0.5) is 5.69 Å². The van der Waals surface area contributed by atoms with Crippen molar-refractivity contribution in [3.63, 3.8) is 0 Å². The maximum absolute atomic E-state index is 9.40. The number of fused-ring (bicyclic) bond motifs is 1. The zero-order chi connectivity index (χ0) is 22.8. The molecule has 1 aromatic carbocycles. The lowest BCUT2D eigenvalue weighted by molar-refractivity contribution is 0.0630. The summed E-state index contributed by atoms with van der Waals surface area (Å²) in [6.45, 7) is 10.7. The number of aliphatic hydroxyl groups is 1. The summed E-state index contributed by atoms with van der Waals surface area (Å²) in [6, 6.07) is 3.56. The van der Waals surface area contributed by atoms with E-state index >= 15 is 0 Å². The van der Waals surface area contributed by atoms with E-state index in [9.17, 15) is 5.11 Å². The normalized spacial score (nSPS) is 17.2. The summed E-state index contributed by atoms with van der Waals surface area (Å²) in [5.74, 6) is 0.641. The fourth-order valence-electron chi connectivity index (χ4n) is 3.50. The van der Waals surface area contributed by atoms with Crippen LogP contribution in [0.1, 0.15) is 27.7 Å². The topological polar surface area (TPSA) is 75.3 Å². The monoisotopic (exact) mass is 470 g/mol. The molecule has 0 saturated heterocycles. The number of hydrogen-bond donors (Lipinski definition) is 4. The van der Waals surface area contributed by atoms with E-state index in [2.05, 4.69) is 22.2 Å². The molecule has 0 aromatic heterocycles. The van der Waals surface area contributed by atoms with E-state index in [-0.39, 0.29) is 12.1 Å². The van der Waals surface area contributed by atoms with Gasteiger partial charge in [-0.05, 0) is 33.8 Å². The number of allylic oxidation sites excluding steroid dienone is 2. The summed E-state index contributed by atoms with van der Waals surface area (Å²) in [5.41, 5.74) is 6.78. The van der Waals surface area contributed by atoms with Crippen LogP contribution in [0, 0.1) is 0 Å². The largest absolute Gasteiger partial charge is 0.494 e. The summed E-state index contributed by atoms with van der Waals surface area (Å²) < 4.78 is 5.56. The van der Waals surface area contributed by atoms with Crippen LogP contribution >= 0.6 is 23.2 Å². The highest BCUT2D eigenvalue weighted by Gasteiger charge is 2.35. The van der Waals surface area contributed by atoms with Crippen LogP contribution in [0.3, 0.4) is 0 Å². The summed E-state index contributed by atoms with van der Waals surface area (Å²) in [5, 5.41) is 23.1. The Hall–Kier alpha value is -1.68. The minimum Gasteiger partial charge on any atom is -0.494 e. The molecule has 10 heteroatoms. The molecule has 0 fully saturated rings. The third kappa shape index (κ3) is 5.39. The Morgan fingerprint density at radius 2 is 1.90 bits per heavy atom. The highest BCUT2D eigenvalue weighted by atomic mass is 35.5. The molecule has 2 heterocycles. The van der Waals surface area contributed by atoms with Crippen LogP contribution in [0.2, 0.25) is 10.0 Å². The first-order valence-electron chi connectivity index (χ1n) is 10.4. The number of hydrogen-bond acceptors (Lipinski definition) is 8. The SMILES string of the molecule is CCOc1cc(Cl)c(N2C(C)=CC3=C(NCCNC(C)(C)CO)CN(C)NN32)c(Cl)c1. The van der Waals surface area contributed by atoms with Crippen LogP contribution in [-0.2, 0) is 0 Å². The molecule has 3 rings (SSSR count). The van der Waals surface area contributed by atoms with E-state index in [1.807, 2.05) is 49.9 Å². The van der Waals surface area contributed by atoms with Gasteiger partial charge in [-0.15, -0.1) is 5.53 Å². The van der Waals surface area contributed by atoms with Crippen molar-refractivity contribution in [2.24, 2.45) is 0 Å². The van der Waals surface area contributed by atoms with Gasteiger partial charge in [-0.2, -0.15) is 5.12 Å².